The fraction of sp³-hybridized carbons (Fsp3) is 0.500. The molecule has 0 bridgehead atoms. The molecule has 2 atom stereocenters. The Morgan fingerprint density at radius 2 is 2.11 bits per heavy atom. The highest BCUT2D eigenvalue weighted by atomic mass is 32.2. The summed E-state index contributed by atoms with van der Waals surface area (Å²) in [5.41, 5.74) is 0.596. The van der Waals surface area contributed by atoms with Gasteiger partial charge in [0.15, 0.2) is 0 Å². The van der Waals surface area contributed by atoms with Gasteiger partial charge in [0, 0.05) is 12.1 Å². The van der Waals surface area contributed by atoms with Crippen LogP contribution in [-0.2, 0) is 10.0 Å². The van der Waals surface area contributed by atoms with E-state index in [1.54, 1.807) is 12.1 Å². The Hall–Kier alpha value is -1.11. The second-order valence-electron chi connectivity index (χ2n) is 4.76. The topological polar surface area (TPSA) is 84.2 Å². The van der Waals surface area contributed by atoms with Crippen LogP contribution in [-0.4, -0.2) is 27.0 Å². The average Bonchev–Trinajstić information content (AvgIpc) is 2.28. The number of nitrogens with two attached hydrogens (primary N) is 1. The van der Waals surface area contributed by atoms with Gasteiger partial charge in [-0.3, -0.25) is 0 Å². The van der Waals surface area contributed by atoms with E-state index in [0.717, 1.165) is 19.4 Å². The summed E-state index contributed by atoms with van der Waals surface area (Å²) in [7, 11) is -3.68. The molecule has 0 aromatic heterocycles. The monoisotopic (exact) mass is 269 g/mol. The van der Waals surface area contributed by atoms with Crippen molar-refractivity contribution in [1.82, 2.24) is 5.32 Å². The molecule has 1 aliphatic heterocycles. The van der Waals surface area contributed by atoms with Crippen molar-refractivity contribution < 1.29 is 8.42 Å². The molecule has 0 amide bonds. The highest BCUT2D eigenvalue weighted by Gasteiger charge is 2.20. The molecule has 0 spiro atoms. The number of sulfonamides is 1. The predicted molar refractivity (Wildman–Crippen MR) is 71.9 cm³/mol. The van der Waals surface area contributed by atoms with Crippen LogP contribution in [0, 0.1) is 0 Å². The fourth-order valence-electron chi connectivity index (χ4n) is 2.32. The molecule has 6 heteroatoms. The second kappa shape index (κ2) is 5.26. The van der Waals surface area contributed by atoms with Gasteiger partial charge in [-0.25, -0.2) is 13.6 Å². The summed E-state index contributed by atoms with van der Waals surface area (Å²) in [6.07, 6.45) is 1.95. The van der Waals surface area contributed by atoms with Crippen LogP contribution in [0.25, 0.3) is 0 Å². The quantitative estimate of drug-likeness (QED) is 0.761. The molecular formula is C12H19N3O2S. The molecule has 0 aliphatic carbocycles. The summed E-state index contributed by atoms with van der Waals surface area (Å²) in [4.78, 5) is 0.163. The van der Waals surface area contributed by atoms with E-state index in [-0.39, 0.29) is 10.9 Å². The molecule has 0 saturated carbocycles. The van der Waals surface area contributed by atoms with Crippen molar-refractivity contribution in [2.75, 3.05) is 11.9 Å². The molecule has 100 valence electrons. The van der Waals surface area contributed by atoms with Gasteiger partial charge in [0.1, 0.15) is 4.90 Å². The van der Waals surface area contributed by atoms with Crippen LogP contribution in [0.5, 0.6) is 0 Å². The molecule has 1 saturated heterocycles. The number of benzene rings is 1. The van der Waals surface area contributed by atoms with E-state index in [1.165, 1.54) is 6.07 Å². The van der Waals surface area contributed by atoms with E-state index >= 15 is 0 Å². The summed E-state index contributed by atoms with van der Waals surface area (Å²) >= 11 is 0. The number of rotatable bonds is 3. The first-order valence-electron chi connectivity index (χ1n) is 6.08. The van der Waals surface area contributed by atoms with E-state index in [4.69, 9.17) is 5.14 Å². The van der Waals surface area contributed by atoms with Gasteiger partial charge in [-0.05, 0) is 38.4 Å². The maximum Gasteiger partial charge on any atom is 0.240 e. The molecule has 18 heavy (non-hydrogen) atoms. The number of anilines is 1. The van der Waals surface area contributed by atoms with Crippen LogP contribution >= 0.6 is 0 Å². The lowest BCUT2D eigenvalue weighted by atomic mass is 10.0. The molecule has 4 N–H and O–H groups in total. The Balaban J connectivity index is 2.19. The van der Waals surface area contributed by atoms with E-state index in [1.807, 2.05) is 6.07 Å². The van der Waals surface area contributed by atoms with Gasteiger partial charge < -0.3 is 10.6 Å². The highest BCUT2D eigenvalue weighted by molar-refractivity contribution is 7.89. The summed E-state index contributed by atoms with van der Waals surface area (Å²) in [6.45, 7) is 3.07. The molecule has 1 aromatic rings. The zero-order valence-electron chi connectivity index (χ0n) is 10.4. The van der Waals surface area contributed by atoms with Crippen molar-refractivity contribution in [3.8, 4) is 0 Å². The summed E-state index contributed by atoms with van der Waals surface area (Å²) in [5.74, 6) is 0. The van der Waals surface area contributed by atoms with Gasteiger partial charge in [-0.15, -0.1) is 0 Å². The zero-order valence-corrected chi connectivity index (χ0v) is 11.2. The van der Waals surface area contributed by atoms with Crippen LogP contribution in [0.4, 0.5) is 5.69 Å². The first-order valence-corrected chi connectivity index (χ1v) is 7.63. The SMILES string of the molecule is CC1CC(Nc2ccccc2S(N)(=O)=O)CCN1. The van der Waals surface area contributed by atoms with Gasteiger partial charge in [0.05, 0.1) is 5.69 Å². The molecule has 1 heterocycles. The van der Waals surface area contributed by atoms with Crippen molar-refractivity contribution in [1.29, 1.82) is 0 Å². The minimum Gasteiger partial charge on any atom is -0.381 e. The third-order valence-electron chi connectivity index (χ3n) is 3.18. The third kappa shape index (κ3) is 3.22. The van der Waals surface area contributed by atoms with Crippen LogP contribution in [0.15, 0.2) is 29.2 Å². The lowest BCUT2D eigenvalue weighted by Gasteiger charge is -2.29. The van der Waals surface area contributed by atoms with E-state index in [2.05, 4.69) is 17.6 Å². The first kappa shape index (κ1) is 13.3. The first-order chi connectivity index (χ1) is 8.47. The smallest absolute Gasteiger partial charge is 0.240 e. The van der Waals surface area contributed by atoms with Gasteiger partial charge in [0.25, 0.3) is 0 Å². The van der Waals surface area contributed by atoms with Crippen molar-refractivity contribution in [2.45, 2.75) is 36.7 Å². The number of hydrogen-bond donors (Lipinski definition) is 3. The van der Waals surface area contributed by atoms with Gasteiger partial charge in [0.2, 0.25) is 10.0 Å². The van der Waals surface area contributed by atoms with Crippen molar-refractivity contribution >= 4 is 15.7 Å². The van der Waals surface area contributed by atoms with E-state index in [0.29, 0.717) is 11.7 Å². The largest absolute Gasteiger partial charge is 0.381 e. The van der Waals surface area contributed by atoms with Crippen LogP contribution < -0.4 is 15.8 Å². The Morgan fingerprint density at radius 1 is 1.39 bits per heavy atom. The van der Waals surface area contributed by atoms with Crippen LogP contribution in [0.2, 0.25) is 0 Å². The molecular weight excluding hydrogens is 250 g/mol. The summed E-state index contributed by atoms with van der Waals surface area (Å²) in [5, 5.41) is 11.9. The van der Waals surface area contributed by atoms with Crippen molar-refractivity contribution in [2.24, 2.45) is 5.14 Å². The highest BCUT2D eigenvalue weighted by Crippen LogP contribution is 2.22. The molecule has 0 radical (unpaired) electrons. The number of para-hydroxylation sites is 1. The van der Waals surface area contributed by atoms with Gasteiger partial charge in [-0.1, -0.05) is 12.1 Å². The van der Waals surface area contributed by atoms with Crippen LogP contribution in [0.1, 0.15) is 19.8 Å². The minimum atomic E-state index is -3.68. The van der Waals surface area contributed by atoms with Gasteiger partial charge in [-0.2, -0.15) is 0 Å². The normalized spacial score (nSPS) is 24.8. The minimum absolute atomic E-state index is 0.163. The maximum atomic E-state index is 11.5. The Kier molecular flexibility index (Phi) is 3.89. The molecule has 2 rings (SSSR count). The number of nitrogens with one attached hydrogen (secondary N) is 2. The Labute approximate surface area is 108 Å². The molecule has 1 aromatic carbocycles. The summed E-state index contributed by atoms with van der Waals surface area (Å²) in [6, 6.07) is 7.49. The second-order valence-corrected chi connectivity index (χ2v) is 6.29. The Morgan fingerprint density at radius 3 is 2.78 bits per heavy atom. The number of hydrogen-bond acceptors (Lipinski definition) is 4. The summed E-state index contributed by atoms with van der Waals surface area (Å²) < 4.78 is 23.0. The number of primary sulfonamides is 1. The zero-order chi connectivity index (χ0) is 13.2. The molecule has 1 aliphatic rings. The Bertz CT molecular complexity index is 516. The standard InChI is InChI=1S/C12H19N3O2S/c1-9-8-10(6-7-14-9)15-11-4-2-3-5-12(11)18(13,16)17/h2-5,9-10,14-15H,6-8H2,1H3,(H2,13,16,17). The molecule has 1 fully saturated rings. The van der Waals surface area contributed by atoms with Crippen molar-refractivity contribution in [3.63, 3.8) is 0 Å². The van der Waals surface area contributed by atoms with E-state index in [9.17, 15) is 8.42 Å². The predicted octanol–water partition coefficient (Wildman–Crippen LogP) is 0.886. The average molecular weight is 269 g/mol. The van der Waals surface area contributed by atoms with Gasteiger partial charge >= 0.3 is 0 Å². The maximum absolute atomic E-state index is 11.5. The third-order valence-corrected chi connectivity index (χ3v) is 4.15. The number of piperidine rings is 1. The lowest BCUT2D eigenvalue weighted by Crippen LogP contribution is -2.41. The fourth-order valence-corrected chi connectivity index (χ4v) is 3.02. The lowest BCUT2D eigenvalue weighted by molar-refractivity contribution is 0.396. The molecule has 5 nitrogen and oxygen atoms in total. The molecule has 2 unspecified atom stereocenters. The van der Waals surface area contributed by atoms with Crippen LogP contribution in [0.3, 0.4) is 0 Å². The van der Waals surface area contributed by atoms with E-state index < -0.39 is 10.0 Å². The van der Waals surface area contributed by atoms with Crippen molar-refractivity contribution in [3.05, 3.63) is 24.3 Å².